The third kappa shape index (κ3) is 2.37. The van der Waals surface area contributed by atoms with Crippen LogP contribution >= 0.6 is 15.9 Å². The molecule has 0 amide bonds. The van der Waals surface area contributed by atoms with Crippen LogP contribution in [0.1, 0.15) is 5.56 Å². The number of hydrazine groups is 1. The van der Waals surface area contributed by atoms with E-state index in [1.807, 2.05) is 12.1 Å². The summed E-state index contributed by atoms with van der Waals surface area (Å²) in [6.45, 7) is 0.535. The van der Waals surface area contributed by atoms with Crippen molar-refractivity contribution in [3.63, 3.8) is 0 Å². The molecule has 0 bridgehead atoms. The van der Waals surface area contributed by atoms with Crippen molar-refractivity contribution in [3.05, 3.63) is 22.2 Å². The Labute approximate surface area is 91.5 Å². The maximum Gasteiger partial charge on any atom is 0.128 e. The molecule has 3 N–H and O–H groups in total. The third-order valence-electron chi connectivity index (χ3n) is 1.86. The van der Waals surface area contributed by atoms with Gasteiger partial charge in [-0.1, -0.05) is 15.9 Å². The molecule has 0 spiro atoms. The zero-order valence-electron chi connectivity index (χ0n) is 8.13. The first-order valence-corrected chi connectivity index (χ1v) is 4.86. The summed E-state index contributed by atoms with van der Waals surface area (Å²) >= 11 is 3.43. The average Bonchev–Trinajstić information content (AvgIpc) is 2.20. The molecule has 0 saturated heterocycles. The van der Waals surface area contributed by atoms with Crippen molar-refractivity contribution in [2.24, 2.45) is 5.84 Å². The maximum atomic E-state index is 5.27. The molecule has 1 aromatic carbocycles. The molecule has 14 heavy (non-hydrogen) atoms. The van der Waals surface area contributed by atoms with E-state index >= 15 is 0 Å². The molecule has 1 aromatic rings. The smallest absolute Gasteiger partial charge is 0.128 e. The molecule has 1 rings (SSSR count). The number of rotatable bonds is 4. The minimum Gasteiger partial charge on any atom is -0.497 e. The second-order valence-corrected chi connectivity index (χ2v) is 3.53. The lowest BCUT2D eigenvalue weighted by Gasteiger charge is -2.12. The molecule has 0 saturated carbocycles. The quantitative estimate of drug-likeness (QED) is 0.636. The van der Waals surface area contributed by atoms with Crippen LogP contribution < -0.4 is 20.7 Å². The molecule has 0 fully saturated rings. The SMILES string of the molecule is COc1cc(Br)c(CNN)c(OC)c1. The zero-order valence-corrected chi connectivity index (χ0v) is 9.72. The van der Waals surface area contributed by atoms with Crippen molar-refractivity contribution in [2.45, 2.75) is 6.54 Å². The van der Waals surface area contributed by atoms with Crippen molar-refractivity contribution in [2.75, 3.05) is 14.2 Å². The Kier molecular flexibility index (Phi) is 4.19. The number of benzene rings is 1. The zero-order chi connectivity index (χ0) is 10.6. The fraction of sp³-hybridized carbons (Fsp3) is 0.333. The number of hydrogen-bond donors (Lipinski definition) is 2. The molecule has 0 unspecified atom stereocenters. The lowest BCUT2D eigenvalue weighted by molar-refractivity contribution is 0.389. The summed E-state index contributed by atoms with van der Waals surface area (Å²) in [5.41, 5.74) is 3.55. The summed E-state index contributed by atoms with van der Waals surface area (Å²) in [6, 6.07) is 3.69. The molecule has 0 radical (unpaired) electrons. The predicted octanol–water partition coefficient (Wildman–Crippen LogP) is 1.43. The minimum atomic E-state index is 0.535. The van der Waals surface area contributed by atoms with E-state index in [9.17, 15) is 0 Å². The molecule has 0 aromatic heterocycles. The van der Waals surface area contributed by atoms with Crippen LogP contribution in [0.15, 0.2) is 16.6 Å². The topological polar surface area (TPSA) is 56.5 Å². The van der Waals surface area contributed by atoms with E-state index in [0.717, 1.165) is 21.5 Å². The number of nitrogens with one attached hydrogen (secondary N) is 1. The number of ether oxygens (including phenoxy) is 2. The third-order valence-corrected chi connectivity index (χ3v) is 2.57. The normalized spacial score (nSPS) is 10.0. The second kappa shape index (κ2) is 5.19. The lowest BCUT2D eigenvalue weighted by Crippen LogP contribution is -2.21. The Hall–Kier alpha value is -0.780. The number of hydrogen-bond acceptors (Lipinski definition) is 4. The molecule has 0 heterocycles. The van der Waals surface area contributed by atoms with Crippen molar-refractivity contribution >= 4 is 15.9 Å². The van der Waals surface area contributed by atoms with Crippen molar-refractivity contribution < 1.29 is 9.47 Å². The number of halogens is 1. The standard InChI is InChI=1S/C9H13BrN2O2/c1-13-6-3-8(10)7(5-12-11)9(4-6)14-2/h3-4,12H,5,11H2,1-2H3. The van der Waals surface area contributed by atoms with Gasteiger partial charge in [-0.15, -0.1) is 0 Å². The Balaban J connectivity index is 3.13. The van der Waals surface area contributed by atoms with Crippen LogP contribution in [0.2, 0.25) is 0 Å². The van der Waals surface area contributed by atoms with Gasteiger partial charge in [0.2, 0.25) is 0 Å². The highest BCUT2D eigenvalue weighted by molar-refractivity contribution is 9.10. The van der Waals surface area contributed by atoms with E-state index in [0.29, 0.717) is 6.54 Å². The van der Waals surface area contributed by atoms with Crippen LogP contribution in [0.4, 0.5) is 0 Å². The van der Waals surface area contributed by atoms with E-state index in [2.05, 4.69) is 21.4 Å². The van der Waals surface area contributed by atoms with Crippen LogP contribution in [-0.4, -0.2) is 14.2 Å². The van der Waals surface area contributed by atoms with Crippen LogP contribution in [-0.2, 0) is 6.54 Å². The highest BCUT2D eigenvalue weighted by Crippen LogP contribution is 2.31. The van der Waals surface area contributed by atoms with E-state index in [4.69, 9.17) is 15.3 Å². The van der Waals surface area contributed by atoms with Gasteiger partial charge in [-0.05, 0) is 6.07 Å². The summed E-state index contributed by atoms with van der Waals surface area (Å²) in [5, 5.41) is 0. The largest absolute Gasteiger partial charge is 0.497 e. The monoisotopic (exact) mass is 260 g/mol. The van der Waals surface area contributed by atoms with Crippen molar-refractivity contribution in [3.8, 4) is 11.5 Å². The maximum absolute atomic E-state index is 5.27. The van der Waals surface area contributed by atoms with Crippen LogP contribution in [0.25, 0.3) is 0 Å². The molecule has 5 heteroatoms. The average molecular weight is 261 g/mol. The number of nitrogens with two attached hydrogens (primary N) is 1. The van der Waals surface area contributed by atoms with Gasteiger partial charge in [0.25, 0.3) is 0 Å². The fourth-order valence-corrected chi connectivity index (χ4v) is 1.72. The Bertz CT molecular complexity index is 318. The first kappa shape index (κ1) is 11.3. The Morgan fingerprint density at radius 2 is 2.07 bits per heavy atom. The molecular weight excluding hydrogens is 248 g/mol. The van der Waals surface area contributed by atoms with Gasteiger partial charge in [0.05, 0.1) is 14.2 Å². The summed E-state index contributed by atoms with van der Waals surface area (Å²) < 4.78 is 11.2. The summed E-state index contributed by atoms with van der Waals surface area (Å²) in [5.74, 6) is 6.76. The van der Waals surface area contributed by atoms with Gasteiger partial charge in [-0.2, -0.15) is 0 Å². The molecule has 78 valence electrons. The summed E-state index contributed by atoms with van der Waals surface area (Å²) in [6.07, 6.45) is 0. The highest BCUT2D eigenvalue weighted by Gasteiger charge is 2.09. The molecule has 0 aliphatic rings. The summed E-state index contributed by atoms with van der Waals surface area (Å²) in [7, 11) is 3.23. The highest BCUT2D eigenvalue weighted by atomic mass is 79.9. The molecular formula is C9H13BrN2O2. The summed E-state index contributed by atoms with van der Waals surface area (Å²) in [4.78, 5) is 0. The first-order valence-electron chi connectivity index (χ1n) is 4.06. The van der Waals surface area contributed by atoms with Gasteiger partial charge in [-0.25, -0.2) is 0 Å². The predicted molar refractivity (Wildman–Crippen MR) is 58.3 cm³/mol. The Morgan fingerprint density at radius 1 is 1.36 bits per heavy atom. The lowest BCUT2D eigenvalue weighted by atomic mass is 10.2. The van der Waals surface area contributed by atoms with E-state index < -0.39 is 0 Å². The second-order valence-electron chi connectivity index (χ2n) is 2.67. The fourth-order valence-electron chi connectivity index (χ4n) is 1.16. The number of methoxy groups -OCH3 is 2. The van der Waals surface area contributed by atoms with E-state index in [-0.39, 0.29) is 0 Å². The Morgan fingerprint density at radius 3 is 2.57 bits per heavy atom. The molecule has 4 nitrogen and oxygen atoms in total. The molecule has 0 aliphatic carbocycles. The van der Waals surface area contributed by atoms with Gasteiger partial charge in [-0.3, -0.25) is 11.3 Å². The van der Waals surface area contributed by atoms with Gasteiger partial charge >= 0.3 is 0 Å². The van der Waals surface area contributed by atoms with Crippen LogP contribution in [0.3, 0.4) is 0 Å². The van der Waals surface area contributed by atoms with Crippen LogP contribution in [0.5, 0.6) is 11.5 Å². The van der Waals surface area contributed by atoms with Gasteiger partial charge in [0.15, 0.2) is 0 Å². The van der Waals surface area contributed by atoms with Crippen molar-refractivity contribution in [1.29, 1.82) is 0 Å². The molecule has 0 aliphatic heterocycles. The van der Waals surface area contributed by atoms with E-state index in [1.165, 1.54) is 0 Å². The molecule has 0 atom stereocenters. The van der Waals surface area contributed by atoms with E-state index in [1.54, 1.807) is 14.2 Å². The minimum absolute atomic E-state index is 0.535. The van der Waals surface area contributed by atoms with Gasteiger partial charge < -0.3 is 9.47 Å². The first-order chi connectivity index (χ1) is 6.72. The van der Waals surface area contributed by atoms with Crippen LogP contribution in [0, 0.1) is 0 Å². The van der Waals surface area contributed by atoms with Crippen molar-refractivity contribution in [1.82, 2.24) is 5.43 Å². The van der Waals surface area contributed by atoms with Gasteiger partial charge in [0, 0.05) is 22.6 Å². The van der Waals surface area contributed by atoms with Gasteiger partial charge in [0.1, 0.15) is 11.5 Å².